The van der Waals surface area contributed by atoms with E-state index in [9.17, 15) is 4.79 Å². The summed E-state index contributed by atoms with van der Waals surface area (Å²) in [6.07, 6.45) is 6.17. The Balaban J connectivity index is 1.67. The van der Waals surface area contributed by atoms with Gasteiger partial charge in [0.2, 0.25) is 5.91 Å². The third-order valence-electron chi connectivity index (χ3n) is 3.59. The molecule has 1 amide bonds. The molecule has 0 radical (unpaired) electrons. The highest BCUT2D eigenvalue weighted by Crippen LogP contribution is 2.26. The summed E-state index contributed by atoms with van der Waals surface area (Å²) in [5.74, 6) is 0.184. The summed E-state index contributed by atoms with van der Waals surface area (Å²) in [5.41, 5.74) is 0. The van der Waals surface area contributed by atoms with Crippen molar-refractivity contribution in [2.24, 2.45) is 0 Å². The largest absolute Gasteiger partial charge is 0.385 e. The fraction of sp³-hybridized carbons (Fsp3) is 0.917. The van der Waals surface area contributed by atoms with Crippen LogP contribution < -0.4 is 10.6 Å². The highest BCUT2D eigenvalue weighted by molar-refractivity contribution is 5.76. The number of methoxy groups -OCH3 is 1. The molecule has 2 rings (SSSR count). The first-order chi connectivity index (χ1) is 7.78. The fourth-order valence-corrected chi connectivity index (χ4v) is 2.85. The minimum Gasteiger partial charge on any atom is -0.385 e. The van der Waals surface area contributed by atoms with Gasteiger partial charge in [-0.1, -0.05) is 0 Å². The van der Waals surface area contributed by atoms with Crippen LogP contribution in [0, 0.1) is 0 Å². The highest BCUT2D eigenvalue weighted by Gasteiger charge is 2.33. The van der Waals surface area contributed by atoms with Gasteiger partial charge in [-0.05, 0) is 32.1 Å². The van der Waals surface area contributed by atoms with Crippen molar-refractivity contribution < 1.29 is 9.53 Å². The standard InChI is InChI=1S/C12H22N2O2/c1-16-6-2-3-12(15)14-11-7-9-4-5-10(8-11)13-9/h9-11,13H,2-8H2,1H3,(H,14,15). The quantitative estimate of drug-likeness (QED) is 0.682. The second-order valence-electron chi connectivity index (χ2n) is 4.97. The van der Waals surface area contributed by atoms with Crippen molar-refractivity contribution in [2.75, 3.05) is 13.7 Å². The lowest BCUT2D eigenvalue weighted by atomic mass is 9.99. The van der Waals surface area contributed by atoms with E-state index in [1.165, 1.54) is 12.8 Å². The number of ether oxygens (including phenoxy) is 1. The average molecular weight is 226 g/mol. The number of carbonyl (C=O) groups is 1. The monoisotopic (exact) mass is 226 g/mol. The molecule has 0 aliphatic carbocycles. The molecule has 0 saturated carbocycles. The fourth-order valence-electron chi connectivity index (χ4n) is 2.85. The summed E-state index contributed by atoms with van der Waals surface area (Å²) < 4.78 is 4.94. The van der Waals surface area contributed by atoms with E-state index in [4.69, 9.17) is 4.74 Å². The number of hydrogen-bond donors (Lipinski definition) is 2. The molecule has 2 aliphatic rings. The molecule has 2 aliphatic heterocycles. The Bertz CT molecular complexity index is 233. The molecule has 2 N–H and O–H groups in total. The molecular formula is C12H22N2O2. The molecule has 92 valence electrons. The predicted octanol–water partition coefficient (Wildman–Crippen LogP) is 0.812. The van der Waals surface area contributed by atoms with Gasteiger partial charge in [0, 0.05) is 38.3 Å². The zero-order chi connectivity index (χ0) is 11.4. The summed E-state index contributed by atoms with van der Waals surface area (Å²) in [5, 5.41) is 6.72. The normalized spacial score (nSPS) is 32.7. The number of piperidine rings is 1. The van der Waals surface area contributed by atoms with Gasteiger partial charge in [0.25, 0.3) is 0 Å². The number of fused-ring (bicyclic) bond motifs is 2. The van der Waals surface area contributed by atoms with Crippen LogP contribution in [0.3, 0.4) is 0 Å². The zero-order valence-electron chi connectivity index (χ0n) is 10.00. The Morgan fingerprint density at radius 3 is 2.69 bits per heavy atom. The van der Waals surface area contributed by atoms with E-state index in [1.807, 2.05) is 0 Å². The van der Waals surface area contributed by atoms with Crippen molar-refractivity contribution in [1.82, 2.24) is 10.6 Å². The minimum absolute atomic E-state index is 0.184. The first-order valence-electron chi connectivity index (χ1n) is 6.32. The maximum absolute atomic E-state index is 11.6. The number of carbonyl (C=O) groups excluding carboxylic acids is 1. The SMILES string of the molecule is COCCCC(=O)NC1CC2CCC(C1)N2. The van der Waals surface area contributed by atoms with Crippen molar-refractivity contribution in [3.8, 4) is 0 Å². The maximum Gasteiger partial charge on any atom is 0.220 e. The van der Waals surface area contributed by atoms with Crippen LogP contribution in [0.4, 0.5) is 0 Å². The molecule has 2 unspecified atom stereocenters. The third kappa shape index (κ3) is 3.19. The van der Waals surface area contributed by atoms with E-state index >= 15 is 0 Å². The van der Waals surface area contributed by atoms with Crippen LogP contribution in [-0.4, -0.2) is 37.7 Å². The van der Waals surface area contributed by atoms with Crippen molar-refractivity contribution in [2.45, 2.75) is 56.7 Å². The summed E-state index contributed by atoms with van der Waals surface area (Å²) >= 11 is 0. The summed E-state index contributed by atoms with van der Waals surface area (Å²) in [6, 6.07) is 1.68. The number of amides is 1. The van der Waals surface area contributed by atoms with Crippen molar-refractivity contribution >= 4 is 5.91 Å². The first-order valence-corrected chi connectivity index (χ1v) is 6.32. The van der Waals surface area contributed by atoms with Gasteiger partial charge >= 0.3 is 0 Å². The van der Waals surface area contributed by atoms with Crippen LogP contribution in [-0.2, 0) is 9.53 Å². The molecule has 0 aromatic heterocycles. The van der Waals surface area contributed by atoms with E-state index in [0.29, 0.717) is 31.2 Å². The summed E-state index contributed by atoms with van der Waals surface area (Å²) in [6.45, 7) is 0.672. The molecule has 2 atom stereocenters. The van der Waals surface area contributed by atoms with Crippen molar-refractivity contribution in [3.63, 3.8) is 0 Å². The molecule has 2 saturated heterocycles. The van der Waals surface area contributed by atoms with Crippen LogP contribution in [0.5, 0.6) is 0 Å². The number of hydrogen-bond acceptors (Lipinski definition) is 3. The van der Waals surface area contributed by atoms with Gasteiger partial charge in [0.1, 0.15) is 0 Å². The number of rotatable bonds is 5. The molecule has 16 heavy (non-hydrogen) atoms. The van der Waals surface area contributed by atoms with Crippen LogP contribution in [0.1, 0.15) is 38.5 Å². The lowest BCUT2D eigenvalue weighted by molar-refractivity contribution is -0.122. The van der Waals surface area contributed by atoms with Gasteiger partial charge in [-0.3, -0.25) is 4.79 Å². The Labute approximate surface area is 97.1 Å². The van der Waals surface area contributed by atoms with E-state index in [2.05, 4.69) is 10.6 Å². The summed E-state index contributed by atoms with van der Waals surface area (Å²) in [4.78, 5) is 11.6. The molecule has 2 heterocycles. The molecule has 0 aromatic carbocycles. The third-order valence-corrected chi connectivity index (χ3v) is 3.59. The molecule has 2 fully saturated rings. The smallest absolute Gasteiger partial charge is 0.220 e. The molecule has 2 bridgehead atoms. The van der Waals surface area contributed by atoms with Gasteiger partial charge in [-0.15, -0.1) is 0 Å². The van der Waals surface area contributed by atoms with E-state index in [0.717, 1.165) is 19.3 Å². The first kappa shape index (κ1) is 11.9. The Morgan fingerprint density at radius 2 is 2.06 bits per heavy atom. The van der Waals surface area contributed by atoms with Gasteiger partial charge in [0.05, 0.1) is 0 Å². The molecule has 4 heteroatoms. The van der Waals surface area contributed by atoms with E-state index in [1.54, 1.807) is 7.11 Å². The van der Waals surface area contributed by atoms with Crippen molar-refractivity contribution in [3.05, 3.63) is 0 Å². The second-order valence-corrected chi connectivity index (χ2v) is 4.97. The van der Waals surface area contributed by atoms with Crippen LogP contribution in [0.2, 0.25) is 0 Å². The predicted molar refractivity (Wildman–Crippen MR) is 62.2 cm³/mol. The number of nitrogens with one attached hydrogen (secondary N) is 2. The van der Waals surface area contributed by atoms with E-state index < -0.39 is 0 Å². The molecule has 0 aromatic rings. The lowest BCUT2D eigenvalue weighted by Gasteiger charge is -2.29. The minimum atomic E-state index is 0.184. The summed E-state index contributed by atoms with van der Waals surface area (Å²) in [7, 11) is 1.67. The van der Waals surface area contributed by atoms with Crippen LogP contribution in [0.15, 0.2) is 0 Å². The molecule has 0 spiro atoms. The van der Waals surface area contributed by atoms with Crippen molar-refractivity contribution in [1.29, 1.82) is 0 Å². The topological polar surface area (TPSA) is 50.4 Å². The Morgan fingerprint density at radius 1 is 1.38 bits per heavy atom. The molecule has 4 nitrogen and oxygen atoms in total. The Kier molecular flexibility index (Phi) is 4.18. The average Bonchev–Trinajstić information content (AvgIpc) is 2.58. The van der Waals surface area contributed by atoms with Crippen LogP contribution >= 0.6 is 0 Å². The van der Waals surface area contributed by atoms with E-state index in [-0.39, 0.29) is 5.91 Å². The van der Waals surface area contributed by atoms with Gasteiger partial charge in [-0.25, -0.2) is 0 Å². The second kappa shape index (κ2) is 5.64. The lowest BCUT2D eigenvalue weighted by Crippen LogP contribution is -2.48. The molecular weight excluding hydrogens is 204 g/mol. The van der Waals surface area contributed by atoms with Gasteiger partial charge in [0.15, 0.2) is 0 Å². The van der Waals surface area contributed by atoms with Gasteiger partial charge < -0.3 is 15.4 Å². The van der Waals surface area contributed by atoms with Gasteiger partial charge in [-0.2, -0.15) is 0 Å². The van der Waals surface area contributed by atoms with Crippen LogP contribution in [0.25, 0.3) is 0 Å². The maximum atomic E-state index is 11.6. The zero-order valence-corrected chi connectivity index (χ0v) is 10.00. The highest BCUT2D eigenvalue weighted by atomic mass is 16.5. The Hall–Kier alpha value is -0.610.